The summed E-state index contributed by atoms with van der Waals surface area (Å²) in [6, 6.07) is 12.4. The molecule has 7 heteroatoms. The molecule has 1 aromatic carbocycles. The lowest BCUT2D eigenvalue weighted by molar-refractivity contribution is 0.861. The highest BCUT2D eigenvalue weighted by molar-refractivity contribution is 9.10. The number of thiophene rings is 1. The van der Waals surface area contributed by atoms with Crippen LogP contribution in [0.2, 0.25) is 5.28 Å². The minimum atomic E-state index is 0.280. The predicted octanol–water partition coefficient (Wildman–Crippen LogP) is 6.16. The number of fused-ring (bicyclic) bond motifs is 1. The molecule has 0 saturated heterocycles. The Morgan fingerprint density at radius 2 is 1.79 bits per heavy atom. The van der Waals surface area contributed by atoms with E-state index in [1.807, 2.05) is 24.5 Å². The summed E-state index contributed by atoms with van der Waals surface area (Å²) in [5, 5.41) is 1.34. The van der Waals surface area contributed by atoms with Crippen LogP contribution in [0.3, 0.4) is 0 Å². The zero-order valence-corrected chi connectivity index (χ0v) is 18.6. The van der Waals surface area contributed by atoms with Crippen molar-refractivity contribution in [2.24, 2.45) is 0 Å². The molecule has 0 radical (unpaired) electrons. The number of hydrogen-bond acceptors (Lipinski definition) is 5. The molecule has 0 atom stereocenters. The van der Waals surface area contributed by atoms with Crippen molar-refractivity contribution in [3.8, 4) is 11.1 Å². The molecule has 0 spiro atoms. The van der Waals surface area contributed by atoms with Gasteiger partial charge in [-0.25, -0.2) is 4.98 Å². The fourth-order valence-electron chi connectivity index (χ4n) is 3.26. The number of likely N-dealkylation sites (N-methyl/N-ethyl adjacent to an activating group) is 1. The molecule has 3 heterocycles. The van der Waals surface area contributed by atoms with E-state index in [1.165, 1.54) is 16.0 Å². The summed E-state index contributed by atoms with van der Waals surface area (Å²) in [5.74, 6) is 0.867. The highest BCUT2D eigenvalue weighted by Gasteiger charge is 2.20. The molecule has 0 aliphatic heterocycles. The van der Waals surface area contributed by atoms with Gasteiger partial charge in [-0.2, -0.15) is 4.98 Å². The number of benzene rings is 1. The van der Waals surface area contributed by atoms with Gasteiger partial charge in [0.05, 0.1) is 5.39 Å². The van der Waals surface area contributed by atoms with Gasteiger partial charge in [-0.3, -0.25) is 4.98 Å². The molecule has 0 bridgehead atoms. The average molecular weight is 474 g/mol. The van der Waals surface area contributed by atoms with Crippen molar-refractivity contribution in [1.82, 2.24) is 15.0 Å². The van der Waals surface area contributed by atoms with Crippen LogP contribution in [0.4, 0.5) is 5.82 Å². The molecular formula is C21H18BrClN4S. The van der Waals surface area contributed by atoms with E-state index in [1.54, 1.807) is 11.3 Å². The first-order valence-corrected chi connectivity index (χ1v) is 10.8. The van der Waals surface area contributed by atoms with Gasteiger partial charge in [-0.05, 0) is 60.3 Å². The lowest BCUT2D eigenvalue weighted by atomic mass is 10.0. The predicted molar refractivity (Wildman–Crippen MR) is 122 cm³/mol. The third-order valence-corrected chi connectivity index (χ3v) is 6.36. The lowest BCUT2D eigenvalue weighted by Crippen LogP contribution is -2.22. The minimum Gasteiger partial charge on any atom is -0.359 e. The van der Waals surface area contributed by atoms with Crippen molar-refractivity contribution >= 4 is 54.9 Å². The zero-order valence-electron chi connectivity index (χ0n) is 15.5. The maximum atomic E-state index is 6.26. The third kappa shape index (κ3) is 3.90. The summed E-state index contributed by atoms with van der Waals surface area (Å²) < 4.78 is 1.06. The normalized spacial score (nSPS) is 11.1. The molecule has 4 rings (SSSR count). The quantitative estimate of drug-likeness (QED) is 0.326. The van der Waals surface area contributed by atoms with Crippen LogP contribution >= 0.6 is 38.9 Å². The van der Waals surface area contributed by atoms with Gasteiger partial charge in [0.1, 0.15) is 10.6 Å². The van der Waals surface area contributed by atoms with Gasteiger partial charge < -0.3 is 4.90 Å². The Hall–Kier alpha value is -2.02. The molecule has 4 aromatic rings. The second kappa shape index (κ2) is 8.15. The van der Waals surface area contributed by atoms with Gasteiger partial charge >= 0.3 is 0 Å². The van der Waals surface area contributed by atoms with E-state index in [0.717, 1.165) is 39.0 Å². The topological polar surface area (TPSA) is 41.9 Å². The SMILES string of the molecule is Cc1sc2nc(Cl)nc(N(C)CCc3ccncc3)c2c1-c1ccc(Br)cc1. The number of aromatic nitrogens is 3. The van der Waals surface area contributed by atoms with Crippen LogP contribution in [0, 0.1) is 6.92 Å². The molecule has 28 heavy (non-hydrogen) atoms. The summed E-state index contributed by atoms with van der Waals surface area (Å²) in [5.41, 5.74) is 3.57. The van der Waals surface area contributed by atoms with Crippen molar-refractivity contribution in [2.45, 2.75) is 13.3 Å². The second-order valence-electron chi connectivity index (χ2n) is 6.56. The van der Waals surface area contributed by atoms with Crippen LogP contribution in [-0.2, 0) is 6.42 Å². The van der Waals surface area contributed by atoms with Crippen molar-refractivity contribution in [2.75, 3.05) is 18.5 Å². The van der Waals surface area contributed by atoms with Crippen LogP contribution in [0.25, 0.3) is 21.3 Å². The van der Waals surface area contributed by atoms with Crippen molar-refractivity contribution in [3.05, 3.63) is 69.0 Å². The smallest absolute Gasteiger partial charge is 0.225 e. The van der Waals surface area contributed by atoms with E-state index in [-0.39, 0.29) is 5.28 Å². The van der Waals surface area contributed by atoms with E-state index in [9.17, 15) is 0 Å². The van der Waals surface area contributed by atoms with Gasteiger partial charge in [0.2, 0.25) is 5.28 Å². The molecule has 4 nitrogen and oxygen atoms in total. The first-order chi connectivity index (χ1) is 13.5. The number of halogens is 2. The number of aryl methyl sites for hydroxylation is 1. The minimum absolute atomic E-state index is 0.280. The molecule has 0 amide bonds. The molecule has 3 aromatic heterocycles. The Bertz CT molecular complexity index is 1110. The van der Waals surface area contributed by atoms with Crippen molar-refractivity contribution in [1.29, 1.82) is 0 Å². The number of nitrogens with zero attached hydrogens (tertiary/aromatic N) is 4. The largest absolute Gasteiger partial charge is 0.359 e. The van der Waals surface area contributed by atoms with Crippen LogP contribution in [-0.4, -0.2) is 28.5 Å². The molecule has 0 saturated carbocycles. The number of pyridine rings is 1. The van der Waals surface area contributed by atoms with Crippen molar-refractivity contribution in [3.63, 3.8) is 0 Å². The Kier molecular flexibility index (Phi) is 5.62. The first-order valence-electron chi connectivity index (χ1n) is 8.85. The molecule has 0 aliphatic carbocycles. The van der Waals surface area contributed by atoms with Crippen LogP contribution < -0.4 is 4.90 Å². The van der Waals surface area contributed by atoms with E-state index >= 15 is 0 Å². The average Bonchev–Trinajstić information content (AvgIpc) is 3.02. The molecule has 142 valence electrons. The van der Waals surface area contributed by atoms with Crippen LogP contribution in [0.5, 0.6) is 0 Å². The van der Waals surface area contributed by atoms with Crippen LogP contribution in [0.15, 0.2) is 53.3 Å². The summed E-state index contributed by atoms with van der Waals surface area (Å²) in [6.45, 7) is 2.94. The van der Waals surface area contributed by atoms with Gasteiger partial charge in [0.25, 0.3) is 0 Å². The fraction of sp³-hybridized carbons (Fsp3) is 0.190. The number of hydrogen-bond donors (Lipinski definition) is 0. The summed E-state index contributed by atoms with van der Waals surface area (Å²) in [4.78, 5) is 17.5. The summed E-state index contributed by atoms with van der Waals surface area (Å²) in [7, 11) is 2.05. The maximum Gasteiger partial charge on any atom is 0.225 e. The molecule has 0 N–H and O–H groups in total. The van der Waals surface area contributed by atoms with E-state index in [4.69, 9.17) is 11.6 Å². The molecule has 0 unspecified atom stereocenters. The summed E-state index contributed by atoms with van der Waals surface area (Å²) >= 11 is 11.4. The second-order valence-corrected chi connectivity index (χ2v) is 9.02. The molecule has 0 fully saturated rings. The number of anilines is 1. The fourth-order valence-corrected chi connectivity index (χ4v) is 4.78. The van der Waals surface area contributed by atoms with E-state index in [0.29, 0.717) is 0 Å². The van der Waals surface area contributed by atoms with Crippen LogP contribution in [0.1, 0.15) is 10.4 Å². The molecule has 0 aliphatic rings. The maximum absolute atomic E-state index is 6.26. The standard InChI is InChI=1S/C21H18BrClN4S/c1-13-17(15-3-5-16(22)6-4-15)18-19(25-21(23)26-20(18)28-13)27(2)12-9-14-7-10-24-11-8-14/h3-8,10-11H,9,12H2,1-2H3. The summed E-state index contributed by atoms with van der Waals surface area (Å²) in [6.07, 6.45) is 4.55. The Balaban J connectivity index is 1.77. The third-order valence-electron chi connectivity index (χ3n) is 4.66. The lowest BCUT2D eigenvalue weighted by Gasteiger charge is -2.20. The van der Waals surface area contributed by atoms with Crippen molar-refractivity contribution < 1.29 is 0 Å². The van der Waals surface area contributed by atoms with E-state index < -0.39 is 0 Å². The monoisotopic (exact) mass is 472 g/mol. The Morgan fingerprint density at radius 1 is 1.07 bits per heavy atom. The highest BCUT2D eigenvalue weighted by atomic mass is 79.9. The Labute approximate surface area is 181 Å². The van der Waals surface area contributed by atoms with Gasteiger partial charge in [0, 0.05) is 40.9 Å². The van der Waals surface area contributed by atoms with Gasteiger partial charge in [-0.1, -0.05) is 28.1 Å². The highest BCUT2D eigenvalue weighted by Crippen LogP contribution is 2.42. The zero-order chi connectivity index (χ0) is 19.7. The molecular weight excluding hydrogens is 456 g/mol. The number of rotatable bonds is 5. The Morgan fingerprint density at radius 3 is 2.50 bits per heavy atom. The first kappa shape index (κ1) is 19.3. The van der Waals surface area contributed by atoms with Gasteiger partial charge in [-0.15, -0.1) is 11.3 Å². The van der Waals surface area contributed by atoms with E-state index in [2.05, 4.69) is 74.0 Å². The van der Waals surface area contributed by atoms with Gasteiger partial charge in [0.15, 0.2) is 0 Å².